The van der Waals surface area contributed by atoms with E-state index in [1.807, 2.05) is 138 Å². The summed E-state index contributed by atoms with van der Waals surface area (Å²) < 4.78 is 44.8. The van der Waals surface area contributed by atoms with Crippen LogP contribution in [0.3, 0.4) is 0 Å². The third kappa shape index (κ3) is 5.04. The lowest BCUT2D eigenvalue weighted by Crippen LogP contribution is -2.11. The fourth-order valence-electron chi connectivity index (χ4n) is 7.48. The Kier molecular flexibility index (Phi) is 6.22. The van der Waals surface area contributed by atoms with Gasteiger partial charge in [0.2, 0.25) is 0 Å². The molecule has 0 amide bonds. The van der Waals surface area contributed by atoms with E-state index in [0.717, 1.165) is 71.4 Å². The molecule has 0 atom stereocenters. The molecule has 2 nitrogen and oxygen atoms in total. The molecule has 10 rings (SSSR count). The van der Waals surface area contributed by atoms with Crippen LogP contribution in [0.4, 0.5) is 17.1 Å². The molecule has 0 unspecified atom stereocenters. The van der Waals surface area contributed by atoms with Gasteiger partial charge < -0.3 is 9.32 Å². The van der Waals surface area contributed by atoms with Gasteiger partial charge in [0.05, 0.1) is 11.2 Å². The van der Waals surface area contributed by atoms with Gasteiger partial charge in [0.25, 0.3) is 0 Å². The molecule has 1 aromatic heterocycles. The number of benzene rings is 9. The molecule has 0 saturated heterocycles. The molecule has 0 saturated carbocycles. The smallest absolute Gasteiger partial charge is 0.143 e. The molecule has 0 spiro atoms. The molecular formula is C50H33NO. The molecule has 2 heteroatoms. The number of fused-ring (bicyclic) bond motifs is 6. The number of anilines is 3. The molecular weight excluding hydrogens is 631 g/mol. The lowest BCUT2D eigenvalue weighted by atomic mass is 9.93. The van der Waals surface area contributed by atoms with Crippen LogP contribution < -0.4 is 4.90 Å². The second-order valence-corrected chi connectivity index (χ2v) is 13.0. The van der Waals surface area contributed by atoms with Gasteiger partial charge in [0.1, 0.15) is 11.2 Å². The maximum Gasteiger partial charge on any atom is 0.143 e. The Bertz CT molecular complexity index is 3100. The summed E-state index contributed by atoms with van der Waals surface area (Å²) in [5.74, 6) is 0. The summed E-state index contributed by atoms with van der Waals surface area (Å²) in [6.07, 6.45) is 0. The van der Waals surface area contributed by atoms with Gasteiger partial charge in [-0.3, -0.25) is 0 Å². The van der Waals surface area contributed by atoms with Crippen molar-refractivity contribution in [3.05, 3.63) is 200 Å². The highest BCUT2D eigenvalue weighted by Gasteiger charge is 2.21. The van der Waals surface area contributed by atoms with Gasteiger partial charge >= 0.3 is 0 Å². The predicted molar refractivity (Wildman–Crippen MR) is 220 cm³/mol. The normalized spacial score (nSPS) is 12.5. The summed E-state index contributed by atoms with van der Waals surface area (Å²) in [6.45, 7) is 0. The van der Waals surface area contributed by atoms with Crippen molar-refractivity contribution in [1.82, 2.24) is 0 Å². The molecule has 9 aromatic carbocycles. The number of hydrogen-bond acceptors (Lipinski definition) is 2. The standard InChI is InChI=1S/C50H33NO/c1-2-13-34(14-3-1)35-25-29-38(30-26-35)51(39-31-27-37(28-32-39)41-22-12-16-36-15-4-5-17-40(36)41)48-23-10-8-19-43(48)46-33-47-44-20-9-11-24-49(44)52-50(47)45-21-7-6-18-42(45)46/h1-33H/i27D,28D,31D,32D. The average molecular weight is 668 g/mol. The van der Waals surface area contributed by atoms with Crippen molar-refractivity contribution in [2.24, 2.45) is 0 Å². The SMILES string of the molecule is [2H]c1c([2H])c(N(c2ccc(-c3ccccc3)cc2)c2ccccc2-c2cc3c4ccccc4oc3c3ccccc23)c([2H])c([2H])c1-c1cccc2ccccc12. The topological polar surface area (TPSA) is 16.4 Å². The highest BCUT2D eigenvalue weighted by molar-refractivity contribution is 6.19. The Balaban J connectivity index is 1.25. The average Bonchev–Trinajstić information content (AvgIpc) is 3.64. The zero-order valence-corrected chi connectivity index (χ0v) is 28.1. The molecule has 0 fully saturated rings. The molecule has 0 aliphatic carbocycles. The van der Waals surface area contributed by atoms with Crippen molar-refractivity contribution in [2.75, 3.05) is 4.90 Å². The van der Waals surface area contributed by atoms with Crippen LogP contribution in [0.5, 0.6) is 0 Å². The monoisotopic (exact) mass is 667 g/mol. The Labute approximate surface area is 308 Å². The zero-order valence-electron chi connectivity index (χ0n) is 32.1. The number of hydrogen-bond donors (Lipinski definition) is 0. The van der Waals surface area contributed by atoms with Crippen LogP contribution in [0.25, 0.3) is 76.9 Å². The Morgan fingerprint density at radius 2 is 1.00 bits per heavy atom. The van der Waals surface area contributed by atoms with Crippen LogP contribution in [0.1, 0.15) is 5.48 Å². The summed E-state index contributed by atoms with van der Waals surface area (Å²) in [5, 5.41) is 5.83. The van der Waals surface area contributed by atoms with Crippen molar-refractivity contribution in [2.45, 2.75) is 0 Å². The van der Waals surface area contributed by atoms with E-state index in [-0.39, 0.29) is 35.4 Å². The summed E-state index contributed by atoms with van der Waals surface area (Å²) in [6, 6.07) is 57.9. The van der Waals surface area contributed by atoms with Crippen molar-refractivity contribution in [3.8, 4) is 33.4 Å². The second-order valence-electron chi connectivity index (χ2n) is 13.0. The molecule has 244 valence electrons. The third-order valence-corrected chi connectivity index (χ3v) is 9.95. The van der Waals surface area contributed by atoms with Gasteiger partial charge in [-0.15, -0.1) is 0 Å². The minimum Gasteiger partial charge on any atom is -0.455 e. The van der Waals surface area contributed by atoms with E-state index in [2.05, 4.69) is 42.5 Å². The quantitative estimate of drug-likeness (QED) is 0.175. The van der Waals surface area contributed by atoms with Crippen LogP contribution in [0.2, 0.25) is 0 Å². The van der Waals surface area contributed by atoms with E-state index in [0.29, 0.717) is 11.3 Å². The molecule has 10 aromatic rings. The van der Waals surface area contributed by atoms with Crippen LogP contribution in [0, 0.1) is 0 Å². The zero-order chi connectivity index (χ0) is 37.9. The van der Waals surface area contributed by atoms with Crippen molar-refractivity contribution >= 4 is 60.5 Å². The van der Waals surface area contributed by atoms with Crippen molar-refractivity contribution in [1.29, 1.82) is 0 Å². The molecule has 1 heterocycles. The highest BCUT2D eigenvalue weighted by atomic mass is 16.3. The van der Waals surface area contributed by atoms with Crippen LogP contribution in [0.15, 0.2) is 205 Å². The first kappa shape index (κ1) is 26.0. The summed E-state index contributed by atoms with van der Waals surface area (Å²) in [5.41, 5.74) is 8.09. The highest BCUT2D eigenvalue weighted by Crippen LogP contribution is 2.46. The van der Waals surface area contributed by atoms with Gasteiger partial charge in [-0.25, -0.2) is 0 Å². The Morgan fingerprint density at radius 3 is 1.83 bits per heavy atom. The van der Waals surface area contributed by atoms with E-state index in [4.69, 9.17) is 4.42 Å². The van der Waals surface area contributed by atoms with Crippen molar-refractivity contribution < 1.29 is 9.90 Å². The number of furan rings is 1. The Hall–Kier alpha value is -6.90. The van der Waals surface area contributed by atoms with Crippen LogP contribution in [-0.4, -0.2) is 0 Å². The Morgan fingerprint density at radius 1 is 0.385 bits per heavy atom. The van der Waals surface area contributed by atoms with Gasteiger partial charge in [0, 0.05) is 33.1 Å². The molecule has 52 heavy (non-hydrogen) atoms. The minimum absolute atomic E-state index is 0.0996. The summed E-state index contributed by atoms with van der Waals surface area (Å²) in [4.78, 5) is 1.89. The van der Waals surface area contributed by atoms with E-state index >= 15 is 0 Å². The predicted octanol–water partition coefficient (Wildman–Crippen LogP) is 14.4. The first-order valence-electron chi connectivity index (χ1n) is 19.4. The van der Waals surface area contributed by atoms with Crippen LogP contribution in [-0.2, 0) is 0 Å². The van der Waals surface area contributed by atoms with E-state index in [1.165, 1.54) is 0 Å². The molecule has 0 bridgehead atoms. The van der Waals surface area contributed by atoms with Crippen molar-refractivity contribution in [3.63, 3.8) is 0 Å². The van der Waals surface area contributed by atoms with Crippen LogP contribution >= 0.6 is 0 Å². The maximum atomic E-state index is 9.68. The maximum absolute atomic E-state index is 9.68. The van der Waals surface area contributed by atoms with E-state index < -0.39 is 0 Å². The summed E-state index contributed by atoms with van der Waals surface area (Å²) in [7, 11) is 0. The number of para-hydroxylation sites is 2. The van der Waals surface area contributed by atoms with Gasteiger partial charge in [0.15, 0.2) is 0 Å². The fraction of sp³-hybridized carbons (Fsp3) is 0. The first-order valence-corrected chi connectivity index (χ1v) is 17.4. The lowest BCUT2D eigenvalue weighted by molar-refractivity contribution is 0.672. The lowest BCUT2D eigenvalue weighted by Gasteiger charge is -2.28. The minimum atomic E-state index is -0.128. The van der Waals surface area contributed by atoms with Gasteiger partial charge in [-0.05, 0) is 86.4 Å². The van der Waals surface area contributed by atoms with Gasteiger partial charge in [-0.2, -0.15) is 0 Å². The number of nitrogens with zero attached hydrogens (tertiary/aromatic N) is 1. The number of rotatable bonds is 6. The molecule has 0 N–H and O–H groups in total. The van der Waals surface area contributed by atoms with E-state index in [9.17, 15) is 5.48 Å². The molecule has 0 aliphatic rings. The molecule has 0 radical (unpaired) electrons. The molecule has 0 aliphatic heterocycles. The van der Waals surface area contributed by atoms with Gasteiger partial charge in [-0.1, -0.05) is 158 Å². The third-order valence-electron chi connectivity index (χ3n) is 9.95. The first-order chi connectivity index (χ1) is 27.5. The largest absolute Gasteiger partial charge is 0.455 e. The second kappa shape index (κ2) is 12.5. The fourth-order valence-corrected chi connectivity index (χ4v) is 7.48. The van der Waals surface area contributed by atoms with E-state index in [1.54, 1.807) is 0 Å². The summed E-state index contributed by atoms with van der Waals surface area (Å²) >= 11 is 0.